The quantitative estimate of drug-likeness (QED) is 0.268. The average Bonchev–Trinajstić information content (AvgIpc) is 2.49. The molecule has 0 spiro atoms. The molecule has 10 heteroatoms. The van der Waals surface area contributed by atoms with E-state index in [4.69, 9.17) is 19.3 Å². The molecule has 2 aliphatic heterocycles. The highest BCUT2D eigenvalue weighted by molar-refractivity contribution is 4.90. The number of rotatable bonds is 4. The highest BCUT2D eigenvalue weighted by Gasteiger charge is 2.48. The third-order valence-electron chi connectivity index (χ3n) is 3.83. The zero-order valence-corrected chi connectivity index (χ0v) is 11.7. The third-order valence-corrected chi connectivity index (χ3v) is 3.83. The zero-order valence-electron chi connectivity index (χ0n) is 11.7. The number of hydrogen-bond donors (Lipinski definition) is 7. The molecule has 0 amide bonds. The Morgan fingerprint density at radius 3 is 2.36 bits per heavy atom. The fourth-order valence-electron chi connectivity index (χ4n) is 2.47. The molecule has 8 atom stereocenters. The van der Waals surface area contributed by atoms with Gasteiger partial charge in [0.05, 0.1) is 32.0 Å². The second kappa shape index (κ2) is 7.01. The number of hydrogen-bond acceptors (Lipinski definition) is 10. The van der Waals surface area contributed by atoms with Crippen molar-refractivity contribution in [1.82, 2.24) is 0 Å². The molecule has 130 valence electrons. The van der Waals surface area contributed by atoms with E-state index in [0.29, 0.717) is 0 Å². The van der Waals surface area contributed by atoms with Gasteiger partial charge >= 0.3 is 0 Å². The molecule has 2 saturated heterocycles. The van der Waals surface area contributed by atoms with E-state index in [-0.39, 0.29) is 19.6 Å². The maximum Gasteiger partial charge on any atom is 0.218 e. The second-order valence-electron chi connectivity index (χ2n) is 5.57. The molecule has 2 aliphatic rings. The standard InChI is InChI=1S/C12H22O10/c13-4-12(19)10(18)6(14)1-5(22-12)2-20-11-9(17)8(16)7(15)3-21-11/h5-11,13-19H,1-4H2/t5-,6+,7-,8+,9-,10-,11-,12?/m1/s1. The molecule has 10 nitrogen and oxygen atoms in total. The van der Waals surface area contributed by atoms with Gasteiger partial charge in [-0.1, -0.05) is 0 Å². The van der Waals surface area contributed by atoms with Crippen molar-refractivity contribution in [3.8, 4) is 0 Å². The van der Waals surface area contributed by atoms with Crippen LogP contribution in [0.15, 0.2) is 0 Å². The molecule has 0 saturated carbocycles. The summed E-state index contributed by atoms with van der Waals surface area (Å²) in [7, 11) is 0. The van der Waals surface area contributed by atoms with E-state index in [0.717, 1.165) is 0 Å². The molecule has 0 aromatic rings. The SMILES string of the molecule is OCC1(O)O[C@@H](CO[C@@H]2OC[C@@H](O)[C@H](O)[C@H]2O)C[C@H](O)[C@H]1O. The van der Waals surface area contributed by atoms with Gasteiger partial charge in [0.25, 0.3) is 0 Å². The van der Waals surface area contributed by atoms with E-state index in [1.807, 2.05) is 0 Å². The molecule has 2 heterocycles. The topological polar surface area (TPSA) is 169 Å². The zero-order chi connectivity index (χ0) is 16.5. The molecule has 0 aliphatic carbocycles. The van der Waals surface area contributed by atoms with Crippen molar-refractivity contribution in [3.05, 3.63) is 0 Å². The van der Waals surface area contributed by atoms with E-state index in [9.17, 15) is 30.6 Å². The highest BCUT2D eigenvalue weighted by atomic mass is 16.7. The van der Waals surface area contributed by atoms with Gasteiger partial charge in [-0.2, -0.15) is 0 Å². The summed E-state index contributed by atoms with van der Waals surface area (Å²) in [5.74, 6) is -2.31. The van der Waals surface area contributed by atoms with E-state index >= 15 is 0 Å². The smallest absolute Gasteiger partial charge is 0.218 e. The molecule has 2 rings (SSSR count). The molecule has 0 aromatic carbocycles. The Kier molecular flexibility index (Phi) is 5.72. The summed E-state index contributed by atoms with van der Waals surface area (Å²) in [6.45, 7) is -1.39. The van der Waals surface area contributed by atoms with Crippen molar-refractivity contribution in [1.29, 1.82) is 0 Å². The first-order valence-corrected chi connectivity index (χ1v) is 6.93. The second-order valence-corrected chi connectivity index (χ2v) is 5.57. The van der Waals surface area contributed by atoms with Crippen molar-refractivity contribution < 1.29 is 50.0 Å². The molecule has 22 heavy (non-hydrogen) atoms. The van der Waals surface area contributed by atoms with E-state index in [2.05, 4.69) is 0 Å². The van der Waals surface area contributed by atoms with Crippen molar-refractivity contribution in [2.75, 3.05) is 19.8 Å². The van der Waals surface area contributed by atoms with Gasteiger partial charge in [0.15, 0.2) is 6.29 Å². The summed E-state index contributed by atoms with van der Waals surface area (Å²) >= 11 is 0. The fourth-order valence-corrected chi connectivity index (χ4v) is 2.47. The van der Waals surface area contributed by atoms with Crippen LogP contribution in [-0.2, 0) is 14.2 Å². The lowest BCUT2D eigenvalue weighted by Crippen LogP contribution is -2.61. The van der Waals surface area contributed by atoms with Gasteiger partial charge in [0, 0.05) is 6.42 Å². The monoisotopic (exact) mass is 326 g/mol. The Hall–Kier alpha value is -0.400. The van der Waals surface area contributed by atoms with Gasteiger partial charge in [-0.25, -0.2) is 0 Å². The minimum atomic E-state index is -2.31. The van der Waals surface area contributed by atoms with Crippen LogP contribution in [0.5, 0.6) is 0 Å². The van der Waals surface area contributed by atoms with Crippen LogP contribution in [0.3, 0.4) is 0 Å². The van der Waals surface area contributed by atoms with Crippen LogP contribution in [0.1, 0.15) is 6.42 Å². The van der Waals surface area contributed by atoms with Gasteiger partial charge in [-0.15, -0.1) is 0 Å². The van der Waals surface area contributed by atoms with E-state index < -0.39 is 55.3 Å². The summed E-state index contributed by atoms with van der Waals surface area (Å²) in [5, 5.41) is 66.7. The van der Waals surface area contributed by atoms with Gasteiger partial charge in [-0.05, 0) is 0 Å². The van der Waals surface area contributed by atoms with Crippen LogP contribution in [0.25, 0.3) is 0 Å². The van der Waals surface area contributed by atoms with Gasteiger partial charge in [-0.3, -0.25) is 0 Å². The normalized spacial score (nSPS) is 50.0. The largest absolute Gasteiger partial charge is 0.391 e. The Morgan fingerprint density at radius 2 is 1.73 bits per heavy atom. The number of ether oxygens (including phenoxy) is 3. The lowest BCUT2D eigenvalue weighted by molar-refractivity contribution is -0.345. The maximum atomic E-state index is 9.86. The van der Waals surface area contributed by atoms with Crippen LogP contribution in [0, 0.1) is 0 Å². The van der Waals surface area contributed by atoms with Gasteiger partial charge in [0.1, 0.15) is 24.4 Å². The summed E-state index contributed by atoms with van der Waals surface area (Å²) in [6, 6.07) is 0. The lowest BCUT2D eigenvalue weighted by atomic mass is 9.95. The first kappa shape index (κ1) is 17.9. The summed E-state index contributed by atoms with van der Waals surface area (Å²) in [4.78, 5) is 0. The van der Waals surface area contributed by atoms with Crippen molar-refractivity contribution in [2.45, 2.75) is 55.1 Å². The molecule has 1 unspecified atom stereocenters. The van der Waals surface area contributed by atoms with Gasteiger partial charge < -0.3 is 50.0 Å². The minimum absolute atomic E-state index is 0.0720. The van der Waals surface area contributed by atoms with E-state index in [1.165, 1.54) is 0 Å². The highest BCUT2D eigenvalue weighted by Crippen LogP contribution is 2.28. The summed E-state index contributed by atoms with van der Waals surface area (Å²) in [5.41, 5.74) is 0. The van der Waals surface area contributed by atoms with Crippen molar-refractivity contribution in [2.24, 2.45) is 0 Å². The molecular formula is C12H22O10. The lowest BCUT2D eigenvalue weighted by Gasteiger charge is -2.42. The molecule has 2 fully saturated rings. The Balaban J connectivity index is 1.89. The predicted molar refractivity (Wildman–Crippen MR) is 67.3 cm³/mol. The van der Waals surface area contributed by atoms with Crippen LogP contribution < -0.4 is 0 Å². The molecule has 0 bridgehead atoms. The Morgan fingerprint density at radius 1 is 1.05 bits per heavy atom. The molecular weight excluding hydrogens is 304 g/mol. The third kappa shape index (κ3) is 3.57. The first-order chi connectivity index (χ1) is 10.3. The predicted octanol–water partition coefficient (Wildman–Crippen LogP) is -4.37. The maximum absolute atomic E-state index is 9.86. The Labute approximate surface area is 126 Å². The molecule has 0 aromatic heterocycles. The average molecular weight is 326 g/mol. The first-order valence-electron chi connectivity index (χ1n) is 6.93. The van der Waals surface area contributed by atoms with Crippen LogP contribution in [0.2, 0.25) is 0 Å². The summed E-state index contributed by atoms with van der Waals surface area (Å²) < 4.78 is 15.4. The summed E-state index contributed by atoms with van der Waals surface area (Å²) in [6.07, 6.45) is -9.28. The van der Waals surface area contributed by atoms with Crippen LogP contribution >= 0.6 is 0 Å². The Bertz CT molecular complexity index is 368. The van der Waals surface area contributed by atoms with Crippen molar-refractivity contribution in [3.63, 3.8) is 0 Å². The van der Waals surface area contributed by atoms with Crippen LogP contribution in [0.4, 0.5) is 0 Å². The fraction of sp³-hybridized carbons (Fsp3) is 1.00. The van der Waals surface area contributed by atoms with Gasteiger partial charge in [0.2, 0.25) is 5.79 Å². The van der Waals surface area contributed by atoms with Crippen molar-refractivity contribution >= 4 is 0 Å². The molecule has 7 N–H and O–H groups in total. The number of aliphatic hydroxyl groups is 7. The minimum Gasteiger partial charge on any atom is -0.391 e. The van der Waals surface area contributed by atoms with E-state index in [1.54, 1.807) is 0 Å². The molecule has 0 radical (unpaired) electrons. The number of aliphatic hydroxyl groups excluding tert-OH is 6. The van der Waals surface area contributed by atoms with Crippen LogP contribution in [-0.4, -0.2) is 104 Å².